The van der Waals surface area contributed by atoms with Crippen molar-refractivity contribution in [2.24, 2.45) is 0 Å². The second-order valence-electron chi connectivity index (χ2n) is 6.34. The van der Waals surface area contributed by atoms with Gasteiger partial charge in [-0.1, -0.05) is 36.4 Å². The predicted molar refractivity (Wildman–Crippen MR) is 100 cm³/mol. The third-order valence-corrected chi connectivity index (χ3v) is 4.68. The van der Waals surface area contributed by atoms with E-state index in [1.165, 1.54) is 4.90 Å². The summed E-state index contributed by atoms with van der Waals surface area (Å²) in [4.78, 5) is 26.9. The molecule has 0 spiro atoms. The number of benzene rings is 2. The molecule has 25 heavy (non-hydrogen) atoms. The Balaban J connectivity index is 2.14. The van der Waals surface area contributed by atoms with Gasteiger partial charge in [-0.15, -0.1) is 0 Å². The highest BCUT2D eigenvalue weighted by Gasteiger charge is 2.38. The highest BCUT2D eigenvalue weighted by atomic mass is 16.2. The Morgan fingerprint density at radius 3 is 2.24 bits per heavy atom. The molecule has 3 rings (SSSR count). The summed E-state index contributed by atoms with van der Waals surface area (Å²) in [5, 5.41) is 3.20. The number of nitrogens with zero attached hydrogens (tertiary/aromatic N) is 1. The first-order valence-electron chi connectivity index (χ1n) is 8.44. The van der Waals surface area contributed by atoms with E-state index < -0.39 is 0 Å². The average molecular weight is 334 g/mol. The second kappa shape index (κ2) is 6.55. The first-order chi connectivity index (χ1) is 11.9. The van der Waals surface area contributed by atoms with E-state index in [1.807, 2.05) is 70.2 Å². The number of para-hydroxylation sites is 1. The van der Waals surface area contributed by atoms with Crippen LogP contribution in [0.3, 0.4) is 0 Å². The molecule has 0 aromatic heterocycles. The van der Waals surface area contributed by atoms with Crippen molar-refractivity contribution in [2.75, 3.05) is 11.9 Å². The van der Waals surface area contributed by atoms with Gasteiger partial charge in [0.05, 0.1) is 5.57 Å². The summed E-state index contributed by atoms with van der Waals surface area (Å²) in [5.74, 6) is -0.518. The Morgan fingerprint density at radius 2 is 1.60 bits per heavy atom. The number of anilines is 1. The van der Waals surface area contributed by atoms with E-state index in [9.17, 15) is 9.59 Å². The molecule has 0 radical (unpaired) electrons. The molecule has 1 heterocycles. The van der Waals surface area contributed by atoms with Gasteiger partial charge in [0.2, 0.25) is 0 Å². The van der Waals surface area contributed by atoms with Gasteiger partial charge in [-0.2, -0.15) is 0 Å². The van der Waals surface area contributed by atoms with Crippen molar-refractivity contribution in [1.82, 2.24) is 4.90 Å². The van der Waals surface area contributed by atoms with E-state index in [2.05, 4.69) is 5.32 Å². The lowest BCUT2D eigenvalue weighted by Gasteiger charge is -2.12. The number of carbonyl (C=O) groups is 2. The molecule has 0 saturated carbocycles. The first kappa shape index (κ1) is 17.0. The summed E-state index contributed by atoms with van der Waals surface area (Å²) in [6, 6.07) is 13.6. The molecule has 0 atom stereocenters. The van der Waals surface area contributed by atoms with E-state index in [0.717, 1.165) is 27.9 Å². The van der Waals surface area contributed by atoms with E-state index in [4.69, 9.17) is 0 Å². The van der Waals surface area contributed by atoms with E-state index in [1.54, 1.807) is 0 Å². The van der Waals surface area contributed by atoms with Gasteiger partial charge in [0, 0.05) is 12.2 Å². The van der Waals surface area contributed by atoms with E-state index in [0.29, 0.717) is 17.8 Å². The number of hydrogen-bond acceptors (Lipinski definition) is 3. The molecular weight excluding hydrogens is 312 g/mol. The molecule has 0 aliphatic carbocycles. The summed E-state index contributed by atoms with van der Waals surface area (Å²) in [6.07, 6.45) is 0. The molecule has 0 bridgehead atoms. The van der Waals surface area contributed by atoms with Crippen molar-refractivity contribution in [3.63, 3.8) is 0 Å². The summed E-state index contributed by atoms with van der Waals surface area (Å²) < 4.78 is 0. The van der Waals surface area contributed by atoms with Gasteiger partial charge in [-0.3, -0.25) is 14.5 Å². The van der Waals surface area contributed by atoms with Gasteiger partial charge < -0.3 is 5.32 Å². The Kier molecular flexibility index (Phi) is 4.45. The number of rotatable bonds is 4. The monoisotopic (exact) mass is 334 g/mol. The minimum atomic E-state index is -0.274. The molecule has 2 aromatic rings. The van der Waals surface area contributed by atoms with Crippen LogP contribution in [0.25, 0.3) is 5.57 Å². The zero-order chi connectivity index (χ0) is 18.1. The fourth-order valence-corrected chi connectivity index (χ4v) is 2.99. The number of hydrogen-bond donors (Lipinski definition) is 1. The molecule has 1 aliphatic heterocycles. The molecular formula is C21H22N2O2. The Morgan fingerprint density at radius 1 is 0.880 bits per heavy atom. The molecule has 4 nitrogen and oxygen atoms in total. The highest BCUT2D eigenvalue weighted by Crippen LogP contribution is 2.31. The lowest BCUT2D eigenvalue weighted by molar-refractivity contribution is -0.136. The summed E-state index contributed by atoms with van der Waals surface area (Å²) in [7, 11) is 0. The Hall–Kier alpha value is -2.88. The van der Waals surface area contributed by atoms with Crippen LogP contribution < -0.4 is 5.32 Å². The summed E-state index contributed by atoms with van der Waals surface area (Å²) in [5.41, 5.74) is 5.66. The van der Waals surface area contributed by atoms with Gasteiger partial charge in [0.25, 0.3) is 11.8 Å². The van der Waals surface area contributed by atoms with Crippen LogP contribution in [0.1, 0.15) is 29.2 Å². The SMILES string of the molecule is CCN1C(=O)C(Nc2ccccc2C)=C(c2ccc(C)c(C)c2)C1=O. The fourth-order valence-electron chi connectivity index (χ4n) is 2.99. The van der Waals surface area contributed by atoms with Crippen molar-refractivity contribution in [3.05, 3.63) is 70.4 Å². The number of carbonyl (C=O) groups excluding carboxylic acids is 2. The fraction of sp³-hybridized carbons (Fsp3) is 0.238. The Labute approximate surface area is 148 Å². The maximum absolute atomic E-state index is 12.8. The van der Waals surface area contributed by atoms with Crippen LogP contribution in [0.5, 0.6) is 0 Å². The van der Waals surface area contributed by atoms with Crippen LogP contribution in [0.15, 0.2) is 48.2 Å². The molecule has 0 unspecified atom stereocenters. The number of nitrogens with one attached hydrogen (secondary N) is 1. The van der Waals surface area contributed by atoms with Crippen molar-refractivity contribution in [2.45, 2.75) is 27.7 Å². The van der Waals surface area contributed by atoms with E-state index in [-0.39, 0.29) is 11.8 Å². The van der Waals surface area contributed by atoms with Crippen molar-refractivity contribution >= 4 is 23.1 Å². The molecule has 0 fully saturated rings. The maximum atomic E-state index is 12.8. The number of amides is 2. The van der Waals surface area contributed by atoms with Crippen LogP contribution in [-0.2, 0) is 9.59 Å². The summed E-state index contributed by atoms with van der Waals surface area (Å²) in [6.45, 7) is 8.17. The minimum Gasteiger partial charge on any atom is -0.350 e. The molecule has 2 aromatic carbocycles. The standard InChI is InChI=1S/C21H22N2O2/c1-5-23-20(24)18(16-11-10-13(2)15(4)12-16)19(21(23)25)22-17-9-7-6-8-14(17)3/h6-12,22H,5H2,1-4H3. The summed E-state index contributed by atoms with van der Waals surface area (Å²) >= 11 is 0. The minimum absolute atomic E-state index is 0.244. The number of aryl methyl sites for hydroxylation is 3. The van der Waals surface area contributed by atoms with Gasteiger partial charge >= 0.3 is 0 Å². The highest BCUT2D eigenvalue weighted by molar-refractivity contribution is 6.36. The third-order valence-electron chi connectivity index (χ3n) is 4.68. The van der Waals surface area contributed by atoms with Crippen molar-refractivity contribution < 1.29 is 9.59 Å². The van der Waals surface area contributed by atoms with Crippen LogP contribution >= 0.6 is 0 Å². The zero-order valence-corrected chi connectivity index (χ0v) is 15.0. The maximum Gasteiger partial charge on any atom is 0.278 e. The largest absolute Gasteiger partial charge is 0.350 e. The van der Waals surface area contributed by atoms with E-state index >= 15 is 0 Å². The lowest BCUT2D eigenvalue weighted by atomic mass is 9.99. The molecule has 1 N–H and O–H groups in total. The molecule has 2 amide bonds. The van der Waals surface area contributed by atoms with Crippen molar-refractivity contribution in [3.8, 4) is 0 Å². The zero-order valence-electron chi connectivity index (χ0n) is 15.0. The van der Waals surface area contributed by atoms with Crippen LogP contribution in [0.2, 0.25) is 0 Å². The van der Waals surface area contributed by atoms with Gasteiger partial charge in [-0.25, -0.2) is 0 Å². The van der Waals surface area contributed by atoms with Gasteiger partial charge in [0.1, 0.15) is 5.70 Å². The number of imide groups is 1. The average Bonchev–Trinajstić information content (AvgIpc) is 2.82. The lowest BCUT2D eigenvalue weighted by Crippen LogP contribution is -2.32. The first-order valence-corrected chi connectivity index (χ1v) is 8.44. The molecule has 4 heteroatoms. The quantitative estimate of drug-likeness (QED) is 0.865. The third kappa shape index (κ3) is 2.95. The smallest absolute Gasteiger partial charge is 0.278 e. The predicted octanol–water partition coefficient (Wildman–Crippen LogP) is 3.82. The topological polar surface area (TPSA) is 49.4 Å². The normalized spacial score (nSPS) is 14.5. The number of likely N-dealkylation sites (N-methyl/N-ethyl adjacent to an activating group) is 1. The molecule has 1 aliphatic rings. The van der Waals surface area contributed by atoms with Crippen LogP contribution in [-0.4, -0.2) is 23.3 Å². The molecule has 128 valence electrons. The van der Waals surface area contributed by atoms with Crippen LogP contribution in [0, 0.1) is 20.8 Å². The molecule has 0 saturated heterocycles. The van der Waals surface area contributed by atoms with Crippen molar-refractivity contribution in [1.29, 1.82) is 0 Å². The van der Waals surface area contributed by atoms with Crippen LogP contribution in [0.4, 0.5) is 5.69 Å². The van der Waals surface area contributed by atoms with Gasteiger partial charge in [-0.05, 0) is 56.0 Å². The Bertz CT molecular complexity index is 897. The second-order valence-corrected chi connectivity index (χ2v) is 6.34. The van der Waals surface area contributed by atoms with Gasteiger partial charge in [0.15, 0.2) is 0 Å².